The van der Waals surface area contributed by atoms with E-state index in [9.17, 15) is 18.4 Å². The minimum Gasteiger partial charge on any atom is -0.492 e. The number of hydrogen-bond acceptors (Lipinski definition) is 3. The van der Waals surface area contributed by atoms with Crippen LogP contribution in [0.5, 0.6) is 5.75 Å². The lowest BCUT2D eigenvalue weighted by Gasteiger charge is -2.31. The Morgan fingerprint density at radius 3 is 2.83 bits per heavy atom. The number of ether oxygens (including phenoxy) is 1. The fourth-order valence-corrected chi connectivity index (χ4v) is 4.16. The van der Waals surface area contributed by atoms with Gasteiger partial charge in [-0.25, -0.2) is 8.78 Å². The van der Waals surface area contributed by atoms with Crippen molar-refractivity contribution in [2.45, 2.75) is 26.2 Å². The van der Waals surface area contributed by atoms with E-state index < -0.39 is 17.6 Å². The van der Waals surface area contributed by atoms with Gasteiger partial charge in [0, 0.05) is 25.6 Å². The molecule has 1 fully saturated rings. The predicted octanol–water partition coefficient (Wildman–Crippen LogP) is 3.70. The van der Waals surface area contributed by atoms with Gasteiger partial charge in [-0.05, 0) is 43.5 Å². The third-order valence-corrected chi connectivity index (χ3v) is 5.40. The summed E-state index contributed by atoms with van der Waals surface area (Å²) in [6.07, 6.45) is 1.19. The highest BCUT2D eigenvalue weighted by Gasteiger charge is 2.40. The molecule has 2 aliphatic rings. The van der Waals surface area contributed by atoms with Crippen LogP contribution in [0.2, 0.25) is 0 Å². The summed E-state index contributed by atoms with van der Waals surface area (Å²) in [4.78, 5) is 28.8. The number of carbonyl (C=O) groups is 2. The number of rotatable bonds is 4. The Bertz CT molecular complexity index is 963. The SMILES string of the molecule is CCOc1ccccc1N1CC(C(=O)N2CCCc3cc(F)cc(F)c32)CC1=O. The van der Waals surface area contributed by atoms with E-state index in [1.54, 1.807) is 17.0 Å². The van der Waals surface area contributed by atoms with Crippen LogP contribution in [-0.4, -0.2) is 31.5 Å². The molecule has 0 aliphatic carbocycles. The molecule has 7 heteroatoms. The number of halogens is 2. The van der Waals surface area contributed by atoms with Crippen LogP contribution < -0.4 is 14.5 Å². The Kier molecular flexibility index (Phi) is 5.22. The molecule has 1 unspecified atom stereocenters. The lowest BCUT2D eigenvalue weighted by molar-refractivity contribution is -0.124. The van der Waals surface area contributed by atoms with Crippen molar-refractivity contribution in [3.05, 3.63) is 53.6 Å². The number of nitrogens with zero attached hydrogens (tertiary/aromatic N) is 2. The molecule has 152 valence electrons. The van der Waals surface area contributed by atoms with Gasteiger partial charge in [0.15, 0.2) is 0 Å². The zero-order chi connectivity index (χ0) is 20.5. The molecule has 29 heavy (non-hydrogen) atoms. The number of carbonyl (C=O) groups excluding carboxylic acids is 2. The summed E-state index contributed by atoms with van der Waals surface area (Å²) < 4.78 is 33.6. The minimum absolute atomic E-state index is 0.0495. The summed E-state index contributed by atoms with van der Waals surface area (Å²) in [6.45, 7) is 2.88. The van der Waals surface area contributed by atoms with Crippen molar-refractivity contribution >= 4 is 23.2 Å². The van der Waals surface area contributed by atoms with Gasteiger partial charge in [-0.2, -0.15) is 0 Å². The molecule has 2 heterocycles. The van der Waals surface area contributed by atoms with E-state index in [0.29, 0.717) is 43.0 Å². The molecule has 4 rings (SSSR count). The first-order chi connectivity index (χ1) is 14.0. The highest BCUT2D eigenvalue weighted by molar-refractivity contribution is 6.05. The molecular weight excluding hydrogens is 378 g/mol. The summed E-state index contributed by atoms with van der Waals surface area (Å²) >= 11 is 0. The standard InChI is InChI=1S/C22H22F2N2O3/c1-2-29-19-8-4-3-7-18(19)26-13-15(11-20(26)27)22(28)25-9-5-6-14-10-16(23)12-17(24)21(14)25/h3-4,7-8,10,12,15H,2,5-6,9,11,13H2,1H3. The van der Waals surface area contributed by atoms with E-state index in [2.05, 4.69) is 0 Å². The smallest absolute Gasteiger partial charge is 0.232 e. The van der Waals surface area contributed by atoms with Gasteiger partial charge in [0.05, 0.1) is 23.9 Å². The summed E-state index contributed by atoms with van der Waals surface area (Å²) in [5.74, 6) is -1.87. The number of fused-ring (bicyclic) bond motifs is 1. The fraction of sp³-hybridized carbons (Fsp3) is 0.364. The van der Waals surface area contributed by atoms with Crippen molar-refractivity contribution in [3.8, 4) is 5.75 Å². The topological polar surface area (TPSA) is 49.9 Å². The van der Waals surface area contributed by atoms with E-state index >= 15 is 0 Å². The molecule has 0 aromatic heterocycles. The van der Waals surface area contributed by atoms with Gasteiger partial charge in [-0.1, -0.05) is 12.1 Å². The minimum atomic E-state index is -0.740. The van der Waals surface area contributed by atoms with Crippen molar-refractivity contribution < 1.29 is 23.1 Å². The molecule has 0 radical (unpaired) electrons. The molecule has 0 N–H and O–H groups in total. The zero-order valence-corrected chi connectivity index (χ0v) is 16.2. The number of benzene rings is 2. The third kappa shape index (κ3) is 3.57. The molecule has 5 nitrogen and oxygen atoms in total. The highest BCUT2D eigenvalue weighted by atomic mass is 19.1. The van der Waals surface area contributed by atoms with Gasteiger partial charge in [-0.15, -0.1) is 0 Å². The fourth-order valence-electron chi connectivity index (χ4n) is 4.16. The van der Waals surface area contributed by atoms with Crippen molar-refractivity contribution in [1.82, 2.24) is 0 Å². The quantitative estimate of drug-likeness (QED) is 0.787. The van der Waals surface area contributed by atoms with Crippen LogP contribution in [0.4, 0.5) is 20.2 Å². The largest absolute Gasteiger partial charge is 0.492 e. The second-order valence-electron chi connectivity index (χ2n) is 7.29. The van der Waals surface area contributed by atoms with Crippen LogP contribution >= 0.6 is 0 Å². The second kappa shape index (κ2) is 7.81. The number of hydrogen-bond donors (Lipinski definition) is 0. The zero-order valence-electron chi connectivity index (χ0n) is 16.2. The number of anilines is 2. The van der Waals surface area contributed by atoms with Gasteiger partial charge < -0.3 is 14.5 Å². The summed E-state index contributed by atoms with van der Waals surface area (Å²) in [6, 6.07) is 9.28. The van der Waals surface area contributed by atoms with E-state index in [0.717, 1.165) is 6.07 Å². The maximum atomic E-state index is 14.5. The Hall–Kier alpha value is -2.96. The van der Waals surface area contributed by atoms with Crippen molar-refractivity contribution in [1.29, 1.82) is 0 Å². The molecule has 0 spiro atoms. The molecule has 2 aliphatic heterocycles. The van der Waals surface area contributed by atoms with Crippen LogP contribution in [0.25, 0.3) is 0 Å². The Morgan fingerprint density at radius 1 is 1.24 bits per heavy atom. The average molecular weight is 400 g/mol. The van der Waals surface area contributed by atoms with E-state index in [1.165, 1.54) is 11.0 Å². The van der Waals surface area contributed by atoms with Crippen LogP contribution in [0.1, 0.15) is 25.3 Å². The monoisotopic (exact) mass is 400 g/mol. The molecule has 0 bridgehead atoms. The molecule has 2 aromatic carbocycles. The Morgan fingerprint density at radius 2 is 2.03 bits per heavy atom. The van der Waals surface area contributed by atoms with Crippen LogP contribution in [-0.2, 0) is 16.0 Å². The van der Waals surface area contributed by atoms with Gasteiger partial charge in [0.25, 0.3) is 0 Å². The molecule has 1 atom stereocenters. The third-order valence-electron chi connectivity index (χ3n) is 5.40. The average Bonchev–Trinajstić information content (AvgIpc) is 3.09. The Balaban J connectivity index is 1.59. The molecule has 1 saturated heterocycles. The normalized spacial score (nSPS) is 18.7. The molecule has 2 aromatic rings. The molecular formula is C22H22F2N2O3. The van der Waals surface area contributed by atoms with Crippen LogP contribution in [0.15, 0.2) is 36.4 Å². The molecule has 0 saturated carbocycles. The maximum Gasteiger partial charge on any atom is 0.232 e. The summed E-state index contributed by atoms with van der Waals surface area (Å²) in [7, 11) is 0. The number of para-hydroxylation sites is 2. The highest BCUT2D eigenvalue weighted by Crippen LogP contribution is 2.36. The lowest BCUT2D eigenvalue weighted by Crippen LogP contribution is -2.41. The van der Waals surface area contributed by atoms with Gasteiger partial charge in [-0.3, -0.25) is 9.59 Å². The van der Waals surface area contributed by atoms with Crippen molar-refractivity contribution in [2.75, 3.05) is 29.5 Å². The summed E-state index contributed by atoms with van der Waals surface area (Å²) in [5.41, 5.74) is 1.26. The maximum absolute atomic E-state index is 14.5. The second-order valence-corrected chi connectivity index (χ2v) is 7.29. The van der Waals surface area contributed by atoms with Gasteiger partial charge in [0.2, 0.25) is 11.8 Å². The van der Waals surface area contributed by atoms with E-state index in [-0.39, 0.29) is 30.5 Å². The summed E-state index contributed by atoms with van der Waals surface area (Å²) in [5, 5.41) is 0. The van der Waals surface area contributed by atoms with E-state index in [4.69, 9.17) is 4.74 Å². The van der Waals surface area contributed by atoms with Crippen molar-refractivity contribution in [3.63, 3.8) is 0 Å². The van der Waals surface area contributed by atoms with Crippen LogP contribution in [0.3, 0.4) is 0 Å². The predicted molar refractivity (Wildman–Crippen MR) is 105 cm³/mol. The molecule has 2 amide bonds. The first kappa shape index (κ1) is 19.4. The van der Waals surface area contributed by atoms with Gasteiger partial charge in [0.1, 0.15) is 17.4 Å². The number of aryl methyl sites for hydroxylation is 1. The first-order valence-corrected chi connectivity index (χ1v) is 9.81. The lowest BCUT2D eigenvalue weighted by atomic mass is 9.98. The van der Waals surface area contributed by atoms with Crippen LogP contribution in [0, 0.1) is 17.6 Å². The first-order valence-electron chi connectivity index (χ1n) is 9.81. The van der Waals surface area contributed by atoms with Gasteiger partial charge >= 0.3 is 0 Å². The van der Waals surface area contributed by atoms with E-state index in [1.807, 2.05) is 19.1 Å². The number of amides is 2. The Labute approximate surface area is 167 Å². The van der Waals surface area contributed by atoms with Crippen molar-refractivity contribution in [2.24, 2.45) is 5.92 Å².